The zero-order chi connectivity index (χ0) is 14.5. The van der Waals surface area contributed by atoms with E-state index in [9.17, 15) is 4.79 Å². The van der Waals surface area contributed by atoms with Crippen LogP contribution in [0, 0.1) is 5.92 Å². The lowest BCUT2D eigenvalue weighted by atomic mass is 9.92. The van der Waals surface area contributed by atoms with E-state index in [2.05, 4.69) is 6.92 Å². The summed E-state index contributed by atoms with van der Waals surface area (Å²) in [7, 11) is 0. The highest BCUT2D eigenvalue weighted by Gasteiger charge is 2.31. The monoisotopic (exact) mass is 292 g/mol. The highest BCUT2D eigenvalue weighted by molar-refractivity contribution is 8.00. The van der Waals surface area contributed by atoms with Crippen molar-refractivity contribution >= 4 is 17.7 Å². The van der Waals surface area contributed by atoms with Crippen LogP contribution in [0.2, 0.25) is 0 Å². The van der Waals surface area contributed by atoms with Crippen molar-refractivity contribution < 1.29 is 4.79 Å². The Hall–Kier alpha value is -1.00. The molecule has 1 aliphatic rings. The largest absolute Gasteiger partial charge is 0.337 e. The summed E-state index contributed by atoms with van der Waals surface area (Å²) in [6.07, 6.45) is 2.12. The van der Waals surface area contributed by atoms with Gasteiger partial charge in [-0.05, 0) is 37.8 Å². The third-order valence-corrected chi connectivity index (χ3v) is 5.04. The number of nitrogens with zero attached hydrogens (tertiary/aromatic N) is 1. The highest BCUT2D eigenvalue weighted by Crippen LogP contribution is 2.28. The summed E-state index contributed by atoms with van der Waals surface area (Å²) in [5.74, 6) is 0.894. The predicted octanol–water partition coefficient (Wildman–Crippen LogP) is 2.75. The number of thioether (sulfide) groups is 1. The molecule has 2 rings (SSSR count). The fourth-order valence-electron chi connectivity index (χ4n) is 2.75. The van der Waals surface area contributed by atoms with E-state index in [-0.39, 0.29) is 17.2 Å². The van der Waals surface area contributed by atoms with E-state index in [0.717, 1.165) is 24.3 Å². The molecule has 1 heterocycles. The Morgan fingerprint density at radius 3 is 2.80 bits per heavy atom. The Morgan fingerprint density at radius 1 is 1.45 bits per heavy atom. The Kier molecular flexibility index (Phi) is 5.49. The van der Waals surface area contributed by atoms with Crippen molar-refractivity contribution in [2.24, 2.45) is 11.7 Å². The molecule has 0 aliphatic carbocycles. The number of nitrogens with two attached hydrogens (primary N) is 1. The molecule has 110 valence electrons. The van der Waals surface area contributed by atoms with Crippen molar-refractivity contribution in [3.05, 3.63) is 30.3 Å². The van der Waals surface area contributed by atoms with E-state index >= 15 is 0 Å². The molecule has 1 saturated heterocycles. The van der Waals surface area contributed by atoms with Gasteiger partial charge in [-0.1, -0.05) is 25.1 Å². The number of amides is 1. The molecule has 20 heavy (non-hydrogen) atoms. The van der Waals surface area contributed by atoms with Gasteiger partial charge in [0.1, 0.15) is 0 Å². The second kappa shape index (κ2) is 7.14. The van der Waals surface area contributed by atoms with Gasteiger partial charge in [0.25, 0.3) is 0 Å². The third kappa shape index (κ3) is 3.76. The summed E-state index contributed by atoms with van der Waals surface area (Å²) in [6.45, 7) is 5.65. The van der Waals surface area contributed by atoms with Crippen LogP contribution in [0.25, 0.3) is 0 Å². The van der Waals surface area contributed by atoms with Gasteiger partial charge >= 0.3 is 0 Å². The Bertz CT molecular complexity index is 437. The van der Waals surface area contributed by atoms with Crippen LogP contribution in [0.1, 0.15) is 26.7 Å². The number of hydrogen-bond acceptors (Lipinski definition) is 3. The third-order valence-electron chi connectivity index (χ3n) is 3.94. The Balaban J connectivity index is 1.99. The normalized spacial score (nSPS) is 24.4. The van der Waals surface area contributed by atoms with E-state index < -0.39 is 0 Å². The van der Waals surface area contributed by atoms with Crippen LogP contribution in [0.3, 0.4) is 0 Å². The van der Waals surface area contributed by atoms with Crippen molar-refractivity contribution in [1.29, 1.82) is 0 Å². The minimum Gasteiger partial charge on any atom is -0.337 e. The molecule has 1 aromatic rings. The first-order chi connectivity index (χ1) is 9.61. The van der Waals surface area contributed by atoms with Gasteiger partial charge in [0, 0.05) is 24.0 Å². The van der Waals surface area contributed by atoms with E-state index in [0.29, 0.717) is 12.5 Å². The van der Waals surface area contributed by atoms with Crippen LogP contribution in [0.5, 0.6) is 0 Å². The summed E-state index contributed by atoms with van der Waals surface area (Å²) in [5, 5.41) is -0.0557. The summed E-state index contributed by atoms with van der Waals surface area (Å²) in [5.41, 5.74) is 5.85. The molecule has 3 unspecified atom stereocenters. The molecule has 1 fully saturated rings. The zero-order valence-electron chi connectivity index (χ0n) is 12.3. The molecular formula is C16H24N2OS. The topological polar surface area (TPSA) is 46.3 Å². The van der Waals surface area contributed by atoms with E-state index in [4.69, 9.17) is 5.73 Å². The average molecular weight is 292 g/mol. The molecule has 4 heteroatoms. The summed E-state index contributed by atoms with van der Waals surface area (Å²) < 4.78 is 0. The molecule has 0 aromatic heterocycles. The first-order valence-corrected chi connectivity index (χ1v) is 8.22. The van der Waals surface area contributed by atoms with E-state index in [1.165, 1.54) is 0 Å². The molecule has 0 radical (unpaired) electrons. The highest BCUT2D eigenvalue weighted by atomic mass is 32.2. The first kappa shape index (κ1) is 15.4. The second-order valence-electron chi connectivity index (χ2n) is 5.62. The van der Waals surface area contributed by atoms with Crippen LogP contribution in [0.4, 0.5) is 0 Å². The van der Waals surface area contributed by atoms with Gasteiger partial charge in [-0.15, -0.1) is 11.8 Å². The van der Waals surface area contributed by atoms with Crippen molar-refractivity contribution in [1.82, 2.24) is 4.90 Å². The van der Waals surface area contributed by atoms with Crippen molar-refractivity contribution in [3.63, 3.8) is 0 Å². The van der Waals surface area contributed by atoms with Crippen LogP contribution >= 0.6 is 11.8 Å². The maximum atomic E-state index is 12.6. The van der Waals surface area contributed by atoms with Crippen LogP contribution < -0.4 is 5.73 Å². The molecule has 0 bridgehead atoms. The number of hydrogen-bond donors (Lipinski definition) is 1. The molecule has 1 aliphatic heterocycles. The second-order valence-corrected chi connectivity index (χ2v) is 7.04. The predicted molar refractivity (Wildman–Crippen MR) is 84.7 cm³/mol. The first-order valence-electron chi connectivity index (χ1n) is 7.34. The van der Waals surface area contributed by atoms with Gasteiger partial charge in [0.05, 0.1) is 5.25 Å². The van der Waals surface area contributed by atoms with Gasteiger partial charge in [-0.3, -0.25) is 4.79 Å². The van der Waals surface area contributed by atoms with E-state index in [1.807, 2.05) is 42.2 Å². The minimum atomic E-state index is -0.0557. The van der Waals surface area contributed by atoms with Crippen LogP contribution in [0.15, 0.2) is 35.2 Å². The molecule has 1 aromatic carbocycles. The maximum absolute atomic E-state index is 12.6. The van der Waals surface area contributed by atoms with Crippen molar-refractivity contribution in [2.45, 2.75) is 42.9 Å². The number of carbonyl (C=O) groups excluding carboxylic acids is 1. The number of rotatable bonds is 4. The number of likely N-dealkylation sites (tertiary alicyclic amines) is 1. The number of carbonyl (C=O) groups is 1. The summed E-state index contributed by atoms with van der Waals surface area (Å²) in [6, 6.07) is 10.3. The number of benzene rings is 1. The molecular weight excluding hydrogens is 268 g/mol. The molecule has 0 saturated carbocycles. The molecule has 3 atom stereocenters. The van der Waals surface area contributed by atoms with Gasteiger partial charge in [-0.25, -0.2) is 0 Å². The fourth-order valence-corrected chi connectivity index (χ4v) is 3.71. The lowest BCUT2D eigenvalue weighted by Gasteiger charge is -2.39. The van der Waals surface area contributed by atoms with Crippen molar-refractivity contribution in [2.75, 3.05) is 13.1 Å². The lowest BCUT2D eigenvalue weighted by molar-refractivity contribution is -0.134. The number of piperidine rings is 1. The fraction of sp³-hybridized carbons (Fsp3) is 0.562. The molecule has 3 nitrogen and oxygen atoms in total. The summed E-state index contributed by atoms with van der Waals surface area (Å²) >= 11 is 1.63. The smallest absolute Gasteiger partial charge is 0.236 e. The van der Waals surface area contributed by atoms with Gasteiger partial charge in [0.2, 0.25) is 5.91 Å². The molecule has 0 spiro atoms. The van der Waals surface area contributed by atoms with Gasteiger partial charge in [-0.2, -0.15) is 0 Å². The maximum Gasteiger partial charge on any atom is 0.236 e. The van der Waals surface area contributed by atoms with E-state index in [1.54, 1.807) is 11.8 Å². The lowest BCUT2D eigenvalue weighted by Crippen LogP contribution is -2.51. The standard InChI is InChI=1S/C16H24N2OS/c1-12-8-9-18(14(10-12)11-17)16(19)13(2)20-15-6-4-3-5-7-15/h3-7,12-14H,8-11,17H2,1-2H3. The quantitative estimate of drug-likeness (QED) is 0.868. The summed E-state index contributed by atoms with van der Waals surface area (Å²) in [4.78, 5) is 15.8. The van der Waals surface area contributed by atoms with Crippen LogP contribution in [-0.4, -0.2) is 35.2 Å². The zero-order valence-corrected chi connectivity index (χ0v) is 13.1. The Labute approximate surface area is 125 Å². The molecule has 1 amide bonds. The van der Waals surface area contributed by atoms with Gasteiger partial charge in [0.15, 0.2) is 0 Å². The average Bonchev–Trinajstić information content (AvgIpc) is 2.47. The van der Waals surface area contributed by atoms with Crippen LogP contribution in [-0.2, 0) is 4.79 Å². The minimum absolute atomic E-state index is 0.0557. The molecule has 2 N–H and O–H groups in total. The van der Waals surface area contributed by atoms with Crippen molar-refractivity contribution in [3.8, 4) is 0 Å². The van der Waals surface area contributed by atoms with Gasteiger partial charge < -0.3 is 10.6 Å². The Morgan fingerprint density at radius 2 is 2.15 bits per heavy atom. The SMILES string of the molecule is CC1CCN(C(=O)C(C)Sc2ccccc2)C(CN)C1.